The molecule has 2 amide bonds. The number of furan rings is 1. The molecule has 0 aliphatic carbocycles. The molecule has 1 N–H and O–H groups in total. The Morgan fingerprint density at radius 2 is 1.83 bits per heavy atom. The fourth-order valence-electron chi connectivity index (χ4n) is 2.75. The summed E-state index contributed by atoms with van der Waals surface area (Å²) < 4.78 is 5.87. The van der Waals surface area contributed by atoms with Gasteiger partial charge in [-0.3, -0.25) is 9.59 Å². The zero-order chi connectivity index (χ0) is 17.3. The molecule has 2 aromatic carbocycles. The van der Waals surface area contributed by atoms with Crippen LogP contribution < -0.4 is 5.32 Å². The van der Waals surface area contributed by atoms with E-state index in [4.69, 9.17) is 4.42 Å². The average Bonchev–Trinajstić information content (AvgIpc) is 2.92. The van der Waals surface area contributed by atoms with Gasteiger partial charge in [0.15, 0.2) is 5.76 Å². The lowest BCUT2D eigenvalue weighted by atomic mass is 10.1. The lowest BCUT2D eigenvalue weighted by Crippen LogP contribution is -2.30. The lowest BCUT2D eigenvalue weighted by molar-refractivity contribution is -0.128. The van der Waals surface area contributed by atoms with Crippen molar-refractivity contribution in [1.29, 1.82) is 0 Å². The minimum absolute atomic E-state index is 0.0254. The first-order valence-corrected chi connectivity index (χ1v) is 7.88. The summed E-state index contributed by atoms with van der Waals surface area (Å²) in [5.74, 6) is -0.0133. The van der Waals surface area contributed by atoms with E-state index in [0.717, 1.165) is 27.3 Å². The molecule has 1 aromatic heterocycles. The number of aryl methyl sites for hydroxylation is 1. The zero-order valence-electron chi connectivity index (χ0n) is 14.1. The first kappa shape index (κ1) is 16.1. The lowest BCUT2D eigenvalue weighted by Gasteiger charge is -2.10. The maximum Gasteiger partial charge on any atom is 0.287 e. The molecular formula is C19H20N2O3. The molecule has 1 heterocycles. The summed E-state index contributed by atoms with van der Waals surface area (Å²) >= 11 is 0. The number of hydrogen-bond acceptors (Lipinski definition) is 3. The molecule has 124 valence electrons. The van der Waals surface area contributed by atoms with Crippen molar-refractivity contribution < 1.29 is 14.0 Å². The predicted octanol–water partition coefficient (Wildman–Crippen LogP) is 3.10. The number of nitrogens with one attached hydrogen (secondary N) is 1. The van der Waals surface area contributed by atoms with Crippen LogP contribution in [0.2, 0.25) is 0 Å². The van der Waals surface area contributed by atoms with Gasteiger partial charge in [-0.25, -0.2) is 0 Å². The highest BCUT2D eigenvalue weighted by atomic mass is 16.3. The van der Waals surface area contributed by atoms with Gasteiger partial charge in [0.05, 0.1) is 0 Å². The van der Waals surface area contributed by atoms with Crippen LogP contribution in [0.4, 0.5) is 0 Å². The first-order chi connectivity index (χ1) is 11.5. The molecule has 0 aliphatic heterocycles. The van der Waals surface area contributed by atoms with Crippen molar-refractivity contribution in [3.8, 4) is 0 Å². The molecule has 3 rings (SSSR count). The molecule has 0 unspecified atom stereocenters. The second-order valence-electron chi connectivity index (χ2n) is 6.01. The Labute approximate surface area is 140 Å². The van der Waals surface area contributed by atoms with Gasteiger partial charge in [-0.15, -0.1) is 0 Å². The number of rotatable bonds is 4. The standard InChI is InChI=1S/C19H20N2O3/c1-12-14-9-8-13-6-4-5-7-15(13)18(14)24-17(12)19(23)20-11-10-16(22)21(2)3/h4-9H,10-11H2,1-3H3,(H,20,23). The Bertz CT molecular complexity index is 925. The molecule has 0 spiro atoms. The fourth-order valence-corrected chi connectivity index (χ4v) is 2.75. The highest BCUT2D eigenvalue weighted by Crippen LogP contribution is 2.31. The van der Waals surface area contributed by atoms with E-state index in [-0.39, 0.29) is 24.8 Å². The van der Waals surface area contributed by atoms with Crippen molar-refractivity contribution in [3.05, 3.63) is 47.7 Å². The number of carbonyl (C=O) groups is 2. The van der Waals surface area contributed by atoms with Gasteiger partial charge < -0.3 is 14.6 Å². The number of fused-ring (bicyclic) bond motifs is 3. The third-order valence-corrected chi connectivity index (χ3v) is 4.16. The van der Waals surface area contributed by atoms with E-state index in [2.05, 4.69) is 5.32 Å². The van der Waals surface area contributed by atoms with Gasteiger partial charge >= 0.3 is 0 Å². The van der Waals surface area contributed by atoms with E-state index in [9.17, 15) is 9.59 Å². The quantitative estimate of drug-likeness (QED) is 0.802. The molecule has 0 bridgehead atoms. The summed E-state index contributed by atoms with van der Waals surface area (Å²) in [4.78, 5) is 25.5. The number of carbonyl (C=O) groups excluding carboxylic acids is 2. The molecule has 0 fully saturated rings. The van der Waals surface area contributed by atoms with Crippen molar-refractivity contribution in [2.24, 2.45) is 0 Å². The van der Waals surface area contributed by atoms with Crippen molar-refractivity contribution in [2.75, 3.05) is 20.6 Å². The predicted molar refractivity (Wildman–Crippen MR) is 94.1 cm³/mol. The number of nitrogens with zero attached hydrogens (tertiary/aromatic N) is 1. The Kier molecular flexibility index (Phi) is 4.25. The SMILES string of the molecule is Cc1c(C(=O)NCCC(=O)N(C)C)oc2c1ccc1ccccc12. The molecule has 24 heavy (non-hydrogen) atoms. The van der Waals surface area contributed by atoms with Gasteiger partial charge in [0.1, 0.15) is 5.58 Å². The summed E-state index contributed by atoms with van der Waals surface area (Å²) in [6.45, 7) is 2.16. The van der Waals surface area contributed by atoms with Crippen LogP contribution in [0.25, 0.3) is 21.7 Å². The minimum Gasteiger partial charge on any atom is -0.450 e. The molecule has 0 saturated carbocycles. The molecule has 0 radical (unpaired) electrons. The first-order valence-electron chi connectivity index (χ1n) is 7.88. The highest BCUT2D eigenvalue weighted by molar-refractivity contribution is 6.08. The van der Waals surface area contributed by atoms with Gasteiger partial charge in [0, 0.05) is 43.4 Å². The maximum absolute atomic E-state index is 12.4. The van der Waals surface area contributed by atoms with Crippen molar-refractivity contribution >= 4 is 33.6 Å². The highest BCUT2D eigenvalue weighted by Gasteiger charge is 2.19. The minimum atomic E-state index is -0.292. The molecule has 0 atom stereocenters. The maximum atomic E-state index is 12.4. The van der Waals surface area contributed by atoms with Crippen LogP contribution in [-0.4, -0.2) is 37.4 Å². The van der Waals surface area contributed by atoms with Crippen LogP contribution in [0.15, 0.2) is 40.8 Å². The van der Waals surface area contributed by atoms with E-state index < -0.39 is 0 Å². The van der Waals surface area contributed by atoms with E-state index in [1.54, 1.807) is 14.1 Å². The zero-order valence-corrected chi connectivity index (χ0v) is 14.1. The van der Waals surface area contributed by atoms with Crippen LogP contribution in [0.3, 0.4) is 0 Å². The van der Waals surface area contributed by atoms with Crippen molar-refractivity contribution in [1.82, 2.24) is 10.2 Å². The van der Waals surface area contributed by atoms with Crippen molar-refractivity contribution in [2.45, 2.75) is 13.3 Å². The molecule has 5 nitrogen and oxygen atoms in total. The summed E-state index contributed by atoms with van der Waals surface area (Å²) in [5.41, 5.74) is 1.53. The van der Waals surface area contributed by atoms with E-state index in [1.165, 1.54) is 4.90 Å². The number of amides is 2. The van der Waals surface area contributed by atoms with E-state index in [0.29, 0.717) is 5.76 Å². The Morgan fingerprint density at radius 1 is 1.08 bits per heavy atom. The summed E-state index contributed by atoms with van der Waals surface area (Å²) in [6.07, 6.45) is 0.265. The van der Waals surface area contributed by atoms with Crippen molar-refractivity contribution in [3.63, 3.8) is 0 Å². The van der Waals surface area contributed by atoms with Gasteiger partial charge in [-0.05, 0) is 12.3 Å². The summed E-state index contributed by atoms with van der Waals surface area (Å²) in [6, 6.07) is 11.9. The Balaban J connectivity index is 1.87. The largest absolute Gasteiger partial charge is 0.450 e. The smallest absolute Gasteiger partial charge is 0.287 e. The monoisotopic (exact) mass is 324 g/mol. The molecular weight excluding hydrogens is 304 g/mol. The normalized spacial score (nSPS) is 11.0. The summed E-state index contributed by atoms with van der Waals surface area (Å²) in [5, 5.41) is 5.75. The van der Waals surface area contributed by atoms with Crippen LogP contribution in [-0.2, 0) is 4.79 Å². The molecule has 3 aromatic rings. The number of benzene rings is 2. The fraction of sp³-hybridized carbons (Fsp3) is 0.263. The Hall–Kier alpha value is -2.82. The van der Waals surface area contributed by atoms with Gasteiger partial charge in [0.25, 0.3) is 5.91 Å². The topological polar surface area (TPSA) is 62.6 Å². The third-order valence-electron chi connectivity index (χ3n) is 4.16. The molecule has 5 heteroatoms. The van der Waals surface area contributed by atoms with Crippen LogP contribution in [0, 0.1) is 6.92 Å². The van der Waals surface area contributed by atoms with Crippen LogP contribution in [0.5, 0.6) is 0 Å². The second-order valence-corrected chi connectivity index (χ2v) is 6.01. The second kappa shape index (κ2) is 6.35. The van der Waals surface area contributed by atoms with E-state index >= 15 is 0 Å². The average molecular weight is 324 g/mol. The number of hydrogen-bond donors (Lipinski definition) is 1. The van der Waals surface area contributed by atoms with E-state index in [1.807, 2.05) is 43.3 Å². The third kappa shape index (κ3) is 2.85. The Morgan fingerprint density at radius 3 is 2.58 bits per heavy atom. The van der Waals surface area contributed by atoms with Gasteiger partial charge in [-0.1, -0.05) is 36.4 Å². The van der Waals surface area contributed by atoms with Crippen LogP contribution in [0.1, 0.15) is 22.5 Å². The van der Waals surface area contributed by atoms with Gasteiger partial charge in [0.2, 0.25) is 5.91 Å². The molecule has 0 saturated heterocycles. The van der Waals surface area contributed by atoms with Gasteiger partial charge in [-0.2, -0.15) is 0 Å². The van der Waals surface area contributed by atoms with Crippen LogP contribution >= 0.6 is 0 Å². The molecule has 0 aliphatic rings. The summed E-state index contributed by atoms with van der Waals surface area (Å²) in [7, 11) is 3.39.